The molecule has 0 saturated heterocycles. The van der Waals surface area contributed by atoms with Crippen LogP contribution < -0.4 is 0 Å². The summed E-state index contributed by atoms with van der Waals surface area (Å²) in [5.41, 5.74) is 10.6. The fourth-order valence-electron chi connectivity index (χ4n) is 5.78. The van der Waals surface area contributed by atoms with E-state index in [2.05, 4.69) is 46.4 Å². The minimum absolute atomic E-state index is 0.781. The van der Waals surface area contributed by atoms with E-state index in [0.717, 1.165) is 88.3 Å². The van der Waals surface area contributed by atoms with Crippen LogP contribution >= 0.6 is 0 Å². The second kappa shape index (κ2) is 7.55. The van der Waals surface area contributed by atoms with Crippen LogP contribution in [0.25, 0.3) is 88.3 Å². The number of rotatable bonds is 2. The number of pyridine rings is 2. The highest BCUT2D eigenvalue weighted by atomic mass is 16.3. The Morgan fingerprint density at radius 2 is 0.897 bits per heavy atom. The van der Waals surface area contributed by atoms with Gasteiger partial charge in [0.15, 0.2) is 11.2 Å². The number of hydrogen-bond donors (Lipinski definition) is 0. The Morgan fingerprint density at radius 3 is 1.41 bits per heavy atom. The van der Waals surface area contributed by atoms with Crippen LogP contribution in [-0.4, -0.2) is 9.97 Å². The molecular weight excluding hydrogens is 484 g/mol. The third-order valence-electron chi connectivity index (χ3n) is 7.61. The van der Waals surface area contributed by atoms with Crippen molar-refractivity contribution in [3.8, 4) is 22.3 Å². The topological polar surface area (TPSA) is 65.2 Å². The summed E-state index contributed by atoms with van der Waals surface area (Å²) < 4.78 is 18.9. The van der Waals surface area contributed by atoms with Gasteiger partial charge in [0, 0.05) is 45.1 Å². The summed E-state index contributed by atoms with van der Waals surface area (Å²) in [5, 5.41) is 4.17. The Bertz CT molecular complexity index is 2240. The first-order valence-electron chi connectivity index (χ1n) is 12.8. The molecule has 0 spiro atoms. The molecule has 0 radical (unpaired) electrons. The SMILES string of the molecule is c1ccc2c(c1)oc1c(-c3ccc4c(c3)oc3cc(-c5ccnc6c5oc5ccccc56)ccc34)ccnc12. The molecule has 182 valence electrons. The van der Waals surface area contributed by atoms with Crippen LogP contribution in [0.2, 0.25) is 0 Å². The molecule has 0 N–H and O–H groups in total. The highest BCUT2D eigenvalue weighted by molar-refractivity contribution is 6.11. The molecule has 0 fully saturated rings. The molecule has 5 heterocycles. The lowest BCUT2D eigenvalue weighted by atomic mass is 10.0. The third kappa shape index (κ3) is 2.90. The molecule has 5 nitrogen and oxygen atoms in total. The average molecular weight is 503 g/mol. The molecule has 5 aromatic heterocycles. The maximum Gasteiger partial charge on any atom is 0.161 e. The first-order chi connectivity index (χ1) is 19.3. The van der Waals surface area contributed by atoms with E-state index < -0.39 is 0 Å². The molecule has 5 heteroatoms. The van der Waals surface area contributed by atoms with E-state index >= 15 is 0 Å². The molecule has 4 aromatic carbocycles. The Kier molecular flexibility index (Phi) is 3.99. The molecule has 0 atom stereocenters. The van der Waals surface area contributed by atoms with Crippen molar-refractivity contribution in [2.24, 2.45) is 0 Å². The molecule has 0 bridgehead atoms. The summed E-state index contributed by atoms with van der Waals surface area (Å²) in [6.45, 7) is 0. The summed E-state index contributed by atoms with van der Waals surface area (Å²) in [4.78, 5) is 9.19. The van der Waals surface area contributed by atoms with Gasteiger partial charge in [-0.2, -0.15) is 0 Å². The van der Waals surface area contributed by atoms with Gasteiger partial charge in [-0.05, 0) is 71.8 Å². The number of fused-ring (bicyclic) bond motifs is 9. The number of nitrogens with zero attached hydrogens (tertiary/aromatic N) is 2. The van der Waals surface area contributed by atoms with Crippen molar-refractivity contribution in [2.75, 3.05) is 0 Å². The third-order valence-corrected chi connectivity index (χ3v) is 7.61. The molecule has 0 unspecified atom stereocenters. The number of benzene rings is 4. The van der Waals surface area contributed by atoms with E-state index in [1.54, 1.807) is 0 Å². The van der Waals surface area contributed by atoms with Crippen LogP contribution in [-0.2, 0) is 0 Å². The highest BCUT2D eigenvalue weighted by Gasteiger charge is 2.17. The van der Waals surface area contributed by atoms with Crippen molar-refractivity contribution >= 4 is 66.1 Å². The monoisotopic (exact) mass is 502 g/mol. The minimum atomic E-state index is 0.781. The quantitative estimate of drug-likeness (QED) is 0.235. The average Bonchev–Trinajstić information content (AvgIpc) is 3.67. The van der Waals surface area contributed by atoms with Gasteiger partial charge in [-0.1, -0.05) is 36.4 Å². The molecule has 0 amide bonds. The number of aromatic nitrogens is 2. The van der Waals surface area contributed by atoms with Crippen molar-refractivity contribution in [1.82, 2.24) is 9.97 Å². The zero-order valence-corrected chi connectivity index (χ0v) is 20.5. The van der Waals surface area contributed by atoms with Crippen molar-refractivity contribution in [3.05, 3.63) is 109 Å². The van der Waals surface area contributed by atoms with Gasteiger partial charge >= 0.3 is 0 Å². The second-order valence-electron chi connectivity index (χ2n) is 9.79. The van der Waals surface area contributed by atoms with Crippen molar-refractivity contribution in [1.29, 1.82) is 0 Å². The molecule has 39 heavy (non-hydrogen) atoms. The molecule has 0 aliphatic carbocycles. The maximum absolute atomic E-state index is 6.43. The van der Waals surface area contributed by atoms with Crippen LogP contribution in [0.15, 0.2) is 123 Å². The first-order valence-corrected chi connectivity index (χ1v) is 12.8. The summed E-state index contributed by atoms with van der Waals surface area (Å²) >= 11 is 0. The smallest absolute Gasteiger partial charge is 0.161 e. The van der Waals surface area contributed by atoms with E-state index in [1.807, 2.05) is 73.1 Å². The summed E-state index contributed by atoms with van der Waals surface area (Å²) in [6, 6.07) is 32.6. The summed E-state index contributed by atoms with van der Waals surface area (Å²) in [5.74, 6) is 0. The maximum atomic E-state index is 6.43. The van der Waals surface area contributed by atoms with Crippen molar-refractivity contribution < 1.29 is 13.3 Å². The Balaban J connectivity index is 1.21. The van der Waals surface area contributed by atoms with Gasteiger partial charge in [0.05, 0.1) is 0 Å². The van der Waals surface area contributed by atoms with Gasteiger partial charge in [0.1, 0.15) is 33.4 Å². The van der Waals surface area contributed by atoms with Gasteiger partial charge < -0.3 is 13.3 Å². The summed E-state index contributed by atoms with van der Waals surface area (Å²) in [6.07, 6.45) is 3.67. The van der Waals surface area contributed by atoms with Crippen LogP contribution in [0.5, 0.6) is 0 Å². The van der Waals surface area contributed by atoms with Crippen LogP contribution in [0.1, 0.15) is 0 Å². The molecule has 0 saturated carbocycles. The van der Waals surface area contributed by atoms with Gasteiger partial charge in [-0.3, -0.25) is 9.97 Å². The zero-order chi connectivity index (χ0) is 25.5. The lowest BCUT2D eigenvalue weighted by Crippen LogP contribution is -1.82. The van der Waals surface area contributed by atoms with Crippen LogP contribution in [0.4, 0.5) is 0 Å². The fraction of sp³-hybridized carbons (Fsp3) is 0. The van der Waals surface area contributed by atoms with E-state index in [1.165, 1.54) is 0 Å². The Morgan fingerprint density at radius 1 is 0.410 bits per heavy atom. The predicted octanol–water partition coefficient (Wildman–Crippen LogP) is 9.51. The Hall–Kier alpha value is -5.42. The van der Waals surface area contributed by atoms with E-state index in [-0.39, 0.29) is 0 Å². The fourth-order valence-corrected chi connectivity index (χ4v) is 5.78. The van der Waals surface area contributed by atoms with Crippen molar-refractivity contribution in [2.45, 2.75) is 0 Å². The van der Waals surface area contributed by atoms with E-state index in [0.29, 0.717) is 0 Å². The van der Waals surface area contributed by atoms with Gasteiger partial charge in [0.2, 0.25) is 0 Å². The normalized spacial score (nSPS) is 12.1. The predicted molar refractivity (Wildman–Crippen MR) is 155 cm³/mol. The molecular formula is C34H18N2O3. The zero-order valence-electron chi connectivity index (χ0n) is 20.5. The number of para-hydroxylation sites is 2. The summed E-state index contributed by atoms with van der Waals surface area (Å²) in [7, 11) is 0. The number of furan rings is 3. The van der Waals surface area contributed by atoms with Gasteiger partial charge in [-0.15, -0.1) is 0 Å². The van der Waals surface area contributed by atoms with Gasteiger partial charge in [-0.25, -0.2) is 0 Å². The van der Waals surface area contributed by atoms with E-state index in [4.69, 9.17) is 13.3 Å². The lowest BCUT2D eigenvalue weighted by Gasteiger charge is -2.02. The molecule has 0 aliphatic heterocycles. The second-order valence-corrected chi connectivity index (χ2v) is 9.79. The lowest BCUT2D eigenvalue weighted by molar-refractivity contribution is 0.667. The Labute approximate surface area is 220 Å². The largest absolute Gasteiger partial charge is 0.456 e. The van der Waals surface area contributed by atoms with Gasteiger partial charge in [0.25, 0.3) is 0 Å². The standard InChI is InChI=1S/C34H18N2O3/c1-3-7-27-25(5-1)31-33(38-27)21(13-15-35-31)19-9-11-23-24-12-10-20(18-30(24)37-29(23)17-19)22-14-16-36-32-26-6-2-4-8-28(26)39-34(22)32/h1-18H. The number of hydrogen-bond acceptors (Lipinski definition) is 5. The van der Waals surface area contributed by atoms with Crippen LogP contribution in [0, 0.1) is 0 Å². The minimum Gasteiger partial charge on any atom is -0.456 e. The van der Waals surface area contributed by atoms with Crippen LogP contribution in [0.3, 0.4) is 0 Å². The molecule has 9 aromatic rings. The highest BCUT2D eigenvalue weighted by Crippen LogP contribution is 2.39. The van der Waals surface area contributed by atoms with E-state index in [9.17, 15) is 0 Å². The molecule has 0 aliphatic rings. The first kappa shape index (κ1) is 20.6. The van der Waals surface area contributed by atoms with Crippen molar-refractivity contribution in [3.63, 3.8) is 0 Å². The molecule has 9 rings (SSSR count).